The van der Waals surface area contributed by atoms with Gasteiger partial charge in [-0.2, -0.15) is 18.3 Å². The summed E-state index contributed by atoms with van der Waals surface area (Å²) in [5, 5.41) is 6.73. The van der Waals surface area contributed by atoms with Gasteiger partial charge in [0, 0.05) is 13.6 Å². The Morgan fingerprint density at radius 1 is 1.44 bits per heavy atom. The topological polar surface area (TPSA) is 39.1 Å². The minimum absolute atomic E-state index is 0.113. The Morgan fingerprint density at radius 3 is 2.50 bits per heavy atom. The Balaban J connectivity index is 2.12. The third-order valence-electron chi connectivity index (χ3n) is 3.38. The van der Waals surface area contributed by atoms with E-state index in [4.69, 9.17) is 4.74 Å². The second-order valence-corrected chi connectivity index (χ2v) is 4.63. The normalized spacial score (nSPS) is 17.9. The predicted octanol–water partition coefficient (Wildman–Crippen LogP) is 1.92. The highest BCUT2D eigenvalue weighted by atomic mass is 19.4. The lowest BCUT2D eigenvalue weighted by Crippen LogP contribution is -2.44. The van der Waals surface area contributed by atoms with Crippen LogP contribution in [0.1, 0.15) is 24.1 Å². The molecule has 2 rings (SSSR count). The third-order valence-corrected chi connectivity index (χ3v) is 3.38. The van der Waals surface area contributed by atoms with Gasteiger partial charge in [-0.3, -0.25) is 5.32 Å². The Bertz CT molecular complexity index is 449. The highest BCUT2D eigenvalue weighted by Crippen LogP contribution is 2.49. The summed E-state index contributed by atoms with van der Waals surface area (Å²) in [4.78, 5) is 0. The molecule has 0 radical (unpaired) electrons. The van der Waals surface area contributed by atoms with Crippen LogP contribution in [-0.2, 0) is 13.6 Å². The van der Waals surface area contributed by atoms with Crippen LogP contribution in [0.25, 0.3) is 0 Å². The van der Waals surface area contributed by atoms with Crippen LogP contribution in [0.4, 0.5) is 13.2 Å². The fraction of sp³-hybridized carbons (Fsp3) is 0.727. The summed E-state index contributed by atoms with van der Waals surface area (Å²) in [6, 6.07) is 0. The first-order chi connectivity index (χ1) is 8.31. The first-order valence-corrected chi connectivity index (χ1v) is 5.69. The number of alkyl halides is 3. The number of hydrogen-bond acceptors (Lipinski definition) is 3. The SMILES string of the molecule is COc1c(CNC2(C(F)(F)F)CC2)c(C)nn1C. The van der Waals surface area contributed by atoms with Gasteiger partial charge in [-0.25, -0.2) is 4.68 Å². The number of hydrogen-bond donors (Lipinski definition) is 1. The number of aryl methyl sites for hydroxylation is 2. The van der Waals surface area contributed by atoms with Crippen LogP contribution in [0.5, 0.6) is 5.88 Å². The molecule has 0 spiro atoms. The monoisotopic (exact) mass is 263 g/mol. The summed E-state index contributed by atoms with van der Waals surface area (Å²) in [5.41, 5.74) is -0.351. The van der Waals surface area contributed by atoms with Crippen LogP contribution in [0.2, 0.25) is 0 Å². The molecule has 4 nitrogen and oxygen atoms in total. The van der Waals surface area contributed by atoms with Crippen LogP contribution >= 0.6 is 0 Å². The summed E-state index contributed by atoms with van der Waals surface area (Å²) in [6.45, 7) is 1.87. The molecule has 0 unspecified atom stereocenters. The lowest BCUT2D eigenvalue weighted by molar-refractivity contribution is -0.166. The zero-order valence-corrected chi connectivity index (χ0v) is 10.6. The molecule has 0 amide bonds. The van der Waals surface area contributed by atoms with Crippen molar-refractivity contribution in [2.45, 2.75) is 38.0 Å². The van der Waals surface area contributed by atoms with Crippen molar-refractivity contribution in [3.8, 4) is 5.88 Å². The van der Waals surface area contributed by atoms with Gasteiger partial charge in [-0.1, -0.05) is 0 Å². The second-order valence-electron chi connectivity index (χ2n) is 4.63. The molecule has 102 valence electrons. The van der Waals surface area contributed by atoms with Gasteiger partial charge in [0.15, 0.2) is 0 Å². The van der Waals surface area contributed by atoms with E-state index in [0.29, 0.717) is 17.1 Å². The molecule has 1 fully saturated rings. The Hall–Kier alpha value is -1.24. The molecule has 1 aromatic heterocycles. The van der Waals surface area contributed by atoms with Crippen LogP contribution in [0.15, 0.2) is 0 Å². The zero-order valence-electron chi connectivity index (χ0n) is 10.6. The molecule has 1 saturated carbocycles. The van der Waals surface area contributed by atoms with Crippen LogP contribution in [0, 0.1) is 6.92 Å². The van der Waals surface area contributed by atoms with Crippen molar-refractivity contribution < 1.29 is 17.9 Å². The highest BCUT2D eigenvalue weighted by Gasteiger charge is 2.63. The molecular formula is C11H16F3N3O. The molecule has 7 heteroatoms. The molecule has 1 N–H and O–H groups in total. The average Bonchev–Trinajstić information content (AvgIpc) is 2.98. The molecule has 1 aromatic rings. The van der Waals surface area contributed by atoms with Crippen LogP contribution in [0.3, 0.4) is 0 Å². The maximum Gasteiger partial charge on any atom is 0.406 e. The summed E-state index contributed by atoms with van der Waals surface area (Å²) in [6.07, 6.45) is -3.92. The number of nitrogens with one attached hydrogen (secondary N) is 1. The standard InChI is InChI=1S/C11H16F3N3O/c1-7-8(9(18-3)17(2)16-7)6-15-10(4-5-10)11(12,13)14/h15H,4-6H2,1-3H3. The van der Waals surface area contributed by atoms with Crippen molar-refractivity contribution in [2.75, 3.05) is 7.11 Å². The minimum Gasteiger partial charge on any atom is -0.481 e. The molecule has 0 atom stereocenters. The number of rotatable bonds is 4. The fourth-order valence-electron chi connectivity index (χ4n) is 2.08. The van der Waals surface area contributed by atoms with Crippen LogP contribution < -0.4 is 10.1 Å². The average molecular weight is 263 g/mol. The molecule has 0 saturated heterocycles. The first kappa shape index (κ1) is 13.2. The number of halogens is 3. The van der Waals surface area contributed by atoms with Gasteiger partial charge in [0.05, 0.1) is 18.4 Å². The lowest BCUT2D eigenvalue weighted by atomic mass is 10.2. The number of aromatic nitrogens is 2. The Labute approximate surface area is 103 Å². The van der Waals surface area contributed by atoms with E-state index < -0.39 is 11.7 Å². The van der Waals surface area contributed by atoms with Gasteiger partial charge in [0.25, 0.3) is 0 Å². The molecule has 1 heterocycles. The van der Waals surface area contributed by atoms with Gasteiger partial charge in [-0.15, -0.1) is 0 Å². The van der Waals surface area contributed by atoms with Gasteiger partial charge >= 0.3 is 6.18 Å². The van der Waals surface area contributed by atoms with Gasteiger partial charge in [0.2, 0.25) is 5.88 Å². The molecule has 1 aliphatic carbocycles. The van der Waals surface area contributed by atoms with E-state index in [-0.39, 0.29) is 19.4 Å². The first-order valence-electron chi connectivity index (χ1n) is 5.69. The molecule has 0 aliphatic heterocycles. The van der Waals surface area contributed by atoms with E-state index >= 15 is 0 Å². The van der Waals surface area contributed by atoms with Crippen molar-refractivity contribution in [2.24, 2.45) is 7.05 Å². The number of nitrogens with zero attached hydrogens (tertiary/aromatic N) is 2. The molecule has 0 bridgehead atoms. The molecule has 18 heavy (non-hydrogen) atoms. The third kappa shape index (κ3) is 2.07. The summed E-state index contributed by atoms with van der Waals surface area (Å²) in [5.74, 6) is 0.498. The van der Waals surface area contributed by atoms with Gasteiger partial charge in [-0.05, 0) is 19.8 Å². The van der Waals surface area contributed by atoms with E-state index in [1.807, 2.05) is 0 Å². The largest absolute Gasteiger partial charge is 0.481 e. The molecular weight excluding hydrogens is 247 g/mol. The maximum absolute atomic E-state index is 12.8. The molecule has 0 aromatic carbocycles. The zero-order chi connectivity index (χ0) is 13.6. The van der Waals surface area contributed by atoms with Crippen LogP contribution in [-0.4, -0.2) is 28.6 Å². The quantitative estimate of drug-likeness (QED) is 0.902. The van der Waals surface area contributed by atoms with Crippen molar-refractivity contribution in [1.82, 2.24) is 15.1 Å². The predicted molar refractivity (Wildman–Crippen MR) is 59.4 cm³/mol. The van der Waals surface area contributed by atoms with E-state index in [2.05, 4.69) is 10.4 Å². The van der Waals surface area contributed by atoms with Crippen molar-refractivity contribution in [3.63, 3.8) is 0 Å². The Kier molecular flexibility index (Phi) is 3.04. The van der Waals surface area contributed by atoms with Crippen molar-refractivity contribution >= 4 is 0 Å². The summed E-state index contributed by atoms with van der Waals surface area (Å²) >= 11 is 0. The Morgan fingerprint density at radius 2 is 2.06 bits per heavy atom. The smallest absolute Gasteiger partial charge is 0.406 e. The number of methoxy groups -OCH3 is 1. The molecule has 1 aliphatic rings. The highest BCUT2D eigenvalue weighted by molar-refractivity contribution is 5.31. The number of ether oxygens (including phenoxy) is 1. The van der Waals surface area contributed by atoms with Gasteiger partial charge < -0.3 is 4.74 Å². The summed E-state index contributed by atoms with van der Waals surface area (Å²) < 4.78 is 45.0. The fourth-order valence-corrected chi connectivity index (χ4v) is 2.08. The maximum atomic E-state index is 12.8. The second kappa shape index (κ2) is 4.15. The van der Waals surface area contributed by atoms with Gasteiger partial charge in [0.1, 0.15) is 5.54 Å². The van der Waals surface area contributed by atoms with E-state index in [1.54, 1.807) is 14.0 Å². The lowest BCUT2D eigenvalue weighted by Gasteiger charge is -2.20. The van der Waals surface area contributed by atoms with Crippen molar-refractivity contribution in [1.29, 1.82) is 0 Å². The van der Waals surface area contributed by atoms with E-state index in [0.717, 1.165) is 0 Å². The van der Waals surface area contributed by atoms with E-state index in [1.165, 1.54) is 11.8 Å². The minimum atomic E-state index is -4.20. The van der Waals surface area contributed by atoms with E-state index in [9.17, 15) is 13.2 Å². The summed E-state index contributed by atoms with van der Waals surface area (Å²) in [7, 11) is 3.18. The van der Waals surface area contributed by atoms with Crippen molar-refractivity contribution in [3.05, 3.63) is 11.3 Å².